The number of carbonyl (C=O) groups excluding carboxylic acids is 1. The van der Waals surface area contributed by atoms with Crippen LogP contribution >= 0.6 is 0 Å². The van der Waals surface area contributed by atoms with Gasteiger partial charge in [-0.05, 0) is 56.2 Å². The van der Waals surface area contributed by atoms with E-state index in [1.165, 1.54) is 18.2 Å². The largest absolute Gasteiger partial charge is 0.416 e. The van der Waals surface area contributed by atoms with Gasteiger partial charge < -0.3 is 33.0 Å². The van der Waals surface area contributed by atoms with Crippen LogP contribution in [0.5, 0.6) is 0 Å². The van der Waals surface area contributed by atoms with Crippen LogP contribution in [0.4, 0.5) is 42.2 Å². The number of alkyl halides is 3. The van der Waals surface area contributed by atoms with Gasteiger partial charge in [0.25, 0.3) is 5.56 Å². The number of nitrogens with two attached hydrogens (primary N) is 3. The first-order valence-corrected chi connectivity index (χ1v) is 15.2. The van der Waals surface area contributed by atoms with Gasteiger partial charge in [-0.25, -0.2) is 22.5 Å². The molecule has 0 atom stereocenters. The molecule has 0 radical (unpaired) electrons. The van der Waals surface area contributed by atoms with Gasteiger partial charge >= 0.3 is 6.18 Å². The third-order valence-electron chi connectivity index (χ3n) is 7.22. The Balaban J connectivity index is 0.000000435. The molecule has 19 heteroatoms. The van der Waals surface area contributed by atoms with E-state index in [1.807, 2.05) is 0 Å². The number of aryl methyl sites for hydroxylation is 1. The molecule has 4 aromatic rings. The maximum absolute atomic E-state index is 14.3. The van der Waals surface area contributed by atoms with Gasteiger partial charge in [0.2, 0.25) is 5.91 Å². The third kappa shape index (κ3) is 9.55. The molecule has 0 fully saturated rings. The van der Waals surface area contributed by atoms with E-state index in [2.05, 4.69) is 20.8 Å². The number of nitrogen functional groups attached to an aromatic ring is 2. The second-order valence-electron chi connectivity index (χ2n) is 11.4. The second-order valence-corrected chi connectivity index (χ2v) is 11.4. The molecule has 0 spiro atoms. The molecule has 0 aliphatic rings. The molecule has 0 bridgehead atoms. The first kappa shape index (κ1) is 40.3. The average molecular weight is 738 g/mol. The Kier molecular flexibility index (Phi) is 12.9. The Morgan fingerprint density at radius 1 is 0.981 bits per heavy atom. The third-order valence-corrected chi connectivity index (χ3v) is 7.22. The minimum atomic E-state index is -4.73. The number of nitrogens with one attached hydrogen (secondary N) is 3. The number of aromatic nitrogens is 2. The number of amides is 1. The summed E-state index contributed by atoms with van der Waals surface area (Å²) in [5.41, 5.74) is 13.0. The van der Waals surface area contributed by atoms with Gasteiger partial charge in [-0.3, -0.25) is 19.6 Å². The zero-order valence-corrected chi connectivity index (χ0v) is 27.8. The number of hydrogen-bond acceptors (Lipinski definition) is 8. The van der Waals surface area contributed by atoms with Crippen molar-refractivity contribution in [3.05, 3.63) is 110 Å². The molecular formula is C33H34F7N9O3. The molecule has 10 N–H and O–H groups in total. The number of hydrogen-bond donors (Lipinski definition) is 7. The maximum Gasteiger partial charge on any atom is 0.416 e. The number of benzene rings is 3. The summed E-state index contributed by atoms with van der Waals surface area (Å²) in [5.74, 6) is -6.80. The van der Waals surface area contributed by atoms with Gasteiger partial charge in [-0.1, -0.05) is 24.2 Å². The van der Waals surface area contributed by atoms with Gasteiger partial charge in [-0.2, -0.15) is 13.2 Å². The molecule has 1 aromatic heterocycles. The zero-order chi connectivity index (χ0) is 39.1. The minimum absolute atomic E-state index is 0.112. The molecule has 0 saturated carbocycles. The zero-order valence-electron chi connectivity index (χ0n) is 27.8. The van der Waals surface area contributed by atoms with E-state index < -0.39 is 76.8 Å². The summed E-state index contributed by atoms with van der Waals surface area (Å²) >= 11 is 0. The quantitative estimate of drug-likeness (QED) is 0.0299. The van der Waals surface area contributed by atoms with E-state index in [1.54, 1.807) is 20.8 Å². The summed E-state index contributed by atoms with van der Waals surface area (Å²) in [7, 11) is 0. The van der Waals surface area contributed by atoms with Crippen LogP contribution in [0.1, 0.15) is 48.6 Å². The Hall–Kier alpha value is -6.14. The summed E-state index contributed by atoms with van der Waals surface area (Å²) < 4.78 is 95.9. The highest BCUT2D eigenvalue weighted by atomic mass is 19.4. The van der Waals surface area contributed by atoms with Crippen molar-refractivity contribution in [1.29, 1.82) is 5.41 Å². The van der Waals surface area contributed by atoms with Crippen molar-refractivity contribution in [3.8, 4) is 11.3 Å². The van der Waals surface area contributed by atoms with Gasteiger partial charge in [0, 0.05) is 29.4 Å². The van der Waals surface area contributed by atoms with E-state index in [9.17, 15) is 40.3 Å². The van der Waals surface area contributed by atoms with Crippen LogP contribution in [0, 0.1) is 28.7 Å². The van der Waals surface area contributed by atoms with Crippen molar-refractivity contribution in [2.75, 3.05) is 11.1 Å². The predicted molar refractivity (Wildman–Crippen MR) is 180 cm³/mol. The van der Waals surface area contributed by atoms with Gasteiger partial charge in [0.15, 0.2) is 34.9 Å². The van der Waals surface area contributed by atoms with Crippen molar-refractivity contribution >= 4 is 29.1 Å². The van der Waals surface area contributed by atoms with E-state index in [4.69, 9.17) is 27.8 Å². The van der Waals surface area contributed by atoms with Crippen LogP contribution in [0.25, 0.3) is 11.3 Å². The monoisotopic (exact) mass is 737 g/mol. The molecule has 278 valence electrons. The summed E-state index contributed by atoms with van der Waals surface area (Å²) in [6.07, 6.45) is -3.21. The summed E-state index contributed by atoms with van der Waals surface area (Å²) in [4.78, 5) is 29.9. The van der Waals surface area contributed by atoms with E-state index in [0.717, 1.165) is 35.0 Å². The lowest BCUT2D eigenvalue weighted by Crippen LogP contribution is -2.35. The second kappa shape index (κ2) is 16.7. The molecular weight excluding hydrogens is 703 g/mol. The summed E-state index contributed by atoms with van der Waals surface area (Å²) in [5, 5.41) is 23.3. The predicted octanol–water partition coefficient (Wildman–Crippen LogP) is 4.83. The molecule has 0 saturated heterocycles. The Bertz CT molecular complexity index is 2070. The molecule has 52 heavy (non-hydrogen) atoms. The number of halogens is 7. The van der Waals surface area contributed by atoms with Gasteiger partial charge in [-0.15, -0.1) is 0 Å². The SMILES string of the molecule is CC(C)Nc1ncc(-c2cc(N)cc(C(F)(F)F)c2)n(CC(=O)NCc2ccc(C(=N)N)c(F)c2F)c1=O.CCc1ccc(/C(N)=N/O)c(F)c1F. The van der Waals surface area contributed by atoms with Gasteiger partial charge in [0.1, 0.15) is 12.4 Å². The fraction of sp³-hybridized carbons (Fsp3) is 0.242. The topological polar surface area (TPSA) is 211 Å². The normalized spacial score (nSPS) is 11.6. The Morgan fingerprint density at radius 3 is 2.15 bits per heavy atom. The van der Waals surface area contributed by atoms with Crippen molar-refractivity contribution in [1.82, 2.24) is 14.9 Å². The highest BCUT2D eigenvalue weighted by Crippen LogP contribution is 2.34. The summed E-state index contributed by atoms with van der Waals surface area (Å²) in [6.45, 7) is 3.99. The van der Waals surface area contributed by atoms with Crippen LogP contribution in [0.2, 0.25) is 0 Å². The smallest absolute Gasteiger partial charge is 0.409 e. The number of nitrogens with zero attached hydrogens (tertiary/aromatic N) is 3. The number of amidine groups is 2. The fourth-order valence-electron chi connectivity index (χ4n) is 4.65. The van der Waals surface area contributed by atoms with Crippen LogP contribution in [-0.2, 0) is 30.5 Å². The van der Waals surface area contributed by atoms with Crippen LogP contribution in [0.15, 0.2) is 58.6 Å². The number of oxime groups is 1. The molecule has 1 amide bonds. The first-order chi connectivity index (χ1) is 24.3. The van der Waals surface area contributed by atoms with Crippen molar-refractivity contribution in [2.24, 2.45) is 16.6 Å². The lowest BCUT2D eigenvalue weighted by molar-refractivity contribution is -0.137. The van der Waals surface area contributed by atoms with E-state index >= 15 is 0 Å². The maximum atomic E-state index is 14.3. The van der Waals surface area contributed by atoms with Crippen molar-refractivity contribution < 1.29 is 40.7 Å². The van der Waals surface area contributed by atoms with E-state index in [-0.39, 0.29) is 45.5 Å². The number of anilines is 2. The lowest BCUT2D eigenvalue weighted by atomic mass is 10.1. The molecule has 0 unspecified atom stereocenters. The lowest BCUT2D eigenvalue weighted by Gasteiger charge is -2.17. The van der Waals surface area contributed by atoms with E-state index in [0.29, 0.717) is 6.42 Å². The molecule has 0 aliphatic carbocycles. The number of rotatable bonds is 10. The van der Waals surface area contributed by atoms with Gasteiger partial charge in [0.05, 0.1) is 28.6 Å². The van der Waals surface area contributed by atoms with Crippen LogP contribution in [-0.4, -0.2) is 38.4 Å². The first-order valence-electron chi connectivity index (χ1n) is 15.2. The van der Waals surface area contributed by atoms with Crippen LogP contribution in [0.3, 0.4) is 0 Å². The van der Waals surface area contributed by atoms with Crippen molar-refractivity contribution in [2.45, 2.75) is 52.5 Å². The molecule has 3 aromatic carbocycles. The molecule has 4 rings (SSSR count). The minimum Gasteiger partial charge on any atom is -0.409 e. The summed E-state index contributed by atoms with van der Waals surface area (Å²) in [6, 6.07) is 7.37. The van der Waals surface area contributed by atoms with Crippen molar-refractivity contribution in [3.63, 3.8) is 0 Å². The highest BCUT2D eigenvalue weighted by Gasteiger charge is 2.31. The van der Waals surface area contributed by atoms with Crippen LogP contribution < -0.4 is 33.4 Å². The fourth-order valence-corrected chi connectivity index (χ4v) is 4.65. The molecule has 0 aliphatic heterocycles. The number of carbonyl (C=O) groups is 1. The highest BCUT2D eigenvalue weighted by molar-refractivity contribution is 5.97. The molecule has 1 heterocycles. The Morgan fingerprint density at radius 2 is 1.58 bits per heavy atom. The standard InChI is InChI=1S/C24H24F5N7O2.C9H10F2N2O/c1-11(2)35-22-23(38)36(17(9-34-22)13-5-14(24(27,28)29)7-15(30)6-13)10-18(37)33-8-12-3-4-16(21(31)32)20(26)19(12)25;1-2-5-3-4-6(9(12)13-14)8(11)7(5)10/h3-7,9,11H,8,10,30H2,1-2H3,(H3,31,32)(H,33,37)(H,34,35);3-4,14H,2H2,1H3,(H2,12,13). The Labute approximate surface area is 291 Å². The average Bonchev–Trinajstić information content (AvgIpc) is 3.07. The molecule has 12 nitrogen and oxygen atoms in total.